The number of halogens is 2. The van der Waals surface area contributed by atoms with E-state index in [1.165, 1.54) is 5.56 Å². The monoisotopic (exact) mass is 551 g/mol. The zero-order chi connectivity index (χ0) is 24.4. The number of benzene rings is 2. The van der Waals surface area contributed by atoms with Crippen LogP contribution in [-0.4, -0.2) is 32.0 Å². The van der Waals surface area contributed by atoms with E-state index in [-0.39, 0.29) is 17.6 Å². The van der Waals surface area contributed by atoms with Gasteiger partial charge >= 0.3 is 0 Å². The van der Waals surface area contributed by atoms with Crippen molar-refractivity contribution in [2.75, 3.05) is 6.54 Å². The van der Waals surface area contributed by atoms with Gasteiger partial charge in [-0.2, -0.15) is 0 Å². The van der Waals surface area contributed by atoms with Crippen LogP contribution in [0.25, 0.3) is 10.9 Å². The zero-order valence-corrected chi connectivity index (χ0v) is 21.2. The topological polar surface area (TPSA) is 83.1 Å². The van der Waals surface area contributed by atoms with E-state index >= 15 is 0 Å². The number of nitrogens with zero attached hydrogens (tertiary/aromatic N) is 5. The Labute approximate surface area is 216 Å². The fourth-order valence-electron chi connectivity index (χ4n) is 4.58. The third-order valence-corrected chi connectivity index (χ3v) is 7.06. The van der Waals surface area contributed by atoms with Crippen LogP contribution in [0.15, 0.2) is 81.7 Å². The molecule has 2 aromatic carbocycles. The van der Waals surface area contributed by atoms with E-state index in [2.05, 4.69) is 42.1 Å². The number of piperidine rings is 1. The van der Waals surface area contributed by atoms with Crippen molar-refractivity contribution >= 4 is 50.0 Å². The molecular formula is C26H23BrClN5O2. The molecule has 2 aromatic heterocycles. The Balaban J connectivity index is 1.50. The maximum atomic E-state index is 12.6. The Hall–Kier alpha value is -3.07. The van der Waals surface area contributed by atoms with Crippen LogP contribution in [0, 0.1) is 0 Å². The van der Waals surface area contributed by atoms with Crippen LogP contribution < -0.4 is 0 Å². The third-order valence-electron chi connectivity index (χ3n) is 6.31. The molecule has 35 heavy (non-hydrogen) atoms. The highest BCUT2D eigenvalue weighted by atomic mass is 79.9. The molecule has 1 unspecified atom stereocenters. The third kappa shape index (κ3) is 5.00. The summed E-state index contributed by atoms with van der Waals surface area (Å²) >= 11 is 9.41. The minimum Gasteiger partial charge on any atom is -0.493 e. The average Bonchev–Trinajstić information content (AvgIpc) is 3.13. The maximum Gasteiger partial charge on any atom is 0.295 e. The molecule has 5 rings (SSSR count). The van der Waals surface area contributed by atoms with Crippen LogP contribution >= 0.6 is 27.5 Å². The summed E-state index contributed by atoms with van der Waals surface area (Å²) in [5.41, 5.74) is 2.61. The largest absolute Gasteiger partial charge is 0.493 e. The van der Waals surface area contributed by atoms with Crippen molar-refractivity contribution in [2.45, 2.75) is 32.0 Å². The molecule has 0 spiro atoms. The molecule has 0 radical (unpaired) electrons. The van der Waals surface area contributed by atoms with Gasteiger partial charge in [0.2, 0.25) is 5.88 Å². The molecule has 9 heteroatoms. The molecule has 1 aliphatic rings. The molecule has 4 aromatic rings. The number of rotatable bonds is 5. The first-order valence-electron chi connectivity index (χ1n) is 11.4. The van der Waals surface area contributed by atoms with E-state index in [0.717, 1.165) is 35.8 Å². The van der Waals surface area contributed by atoms with E-state index in [1.54, 1.807) is 30.5 Å². The summed E-state index contributed by atoms with van der Waals surface area (Å²) < 4.78 is 2.67. The van der Waals surface area contributed by atoms with Crippen molar-refractivity contribution in [1.82, 2.24) is 14.5 Å². The van der Waals surface area contributed by atoms with Crippen LogP contribution in [0.2, 0.25) is 5.02 Å². The molecule has 0 saturated carbocycles. The maximum absolute atomic E-state index is 12.6. The summed E-state index contributed by atoms with van der Waals surface area (Å²) in [5.74, 6) is -0.536. The van der Waals surface area contributed by atoms with Crippen LogP contribution in [0.3, 0.4) is 0 Å². The predicted molar refractivity (Wildman–Crippen MR) is 139 cm³/mol. The quantitative estimate of drug-likeness (QED) is 0.264. The summed E-state index contributed by atoms with van der Waals surface area (Å²) in [6.45, 7) is 1.38. The van der Waals surface area contributed by atoms with E-state index < -0.39 is 5.91 Å². The Morgan fingerprint density at radius 2 is 2.00 bits per heavy atom. The van der Waals surface area contributed by atoms with Gasteiger partial charge in [-0.1, -0.05) is 40.0 Å². The number of aromatic nitrogens is 2. The van der Waals surface area contributed by atoms with Crippen LogP contribution in [0.5, 0.6) is 5.88 Å². The first-order chi connectivity index (χ1) is 17.0. The van der Waals surface area contributed by atoms with Gasteiger partial charge in [-0.15, -0.1) is 10.2 Å². The molecule has 1 saturated heterocycles. The number of carbonyl (C=O) groups is 1. The normalized spacial score (nSPS) is 16.8. The molecule has 0 aliphatic carbocycles. The molecule has 178 valence electrons. The molecule has 7 nitrogen and oxygen atoms in total. The standard InChI is InChI=1S/C26H23BrClN5O2/c27-19-8-11-23-21(14-19)24(30-31-25(34)17-6-9-20(28)10-7-17)26(35)33(23)16-32-13-2-1-5-22(32)18-4-3-12-29-15-18/h3-4,6-12,14-15,22,35H,1-2,5,13,16H2. The molecule has 3 heterocycles. The summed E-state index contributed by atoms with van der Waals surface area (Å²) in [7, 11) is 0. The van der Waals surface area contributed by atoms with Gasteiger partial charge in [-0.3, -0.25) is 19.2 Å². The van der Waals surface area contributed by atoms with Gasteiger partial charge in [0.25, 0.3) is 5.91 Å². The Morgan fingerprint density at radius 3 is 2.77 bits per heavy atom. The molecular weight excluding hydrogens is 530 g/mol. The van der Waals surface area contributed by atoms with Gasteiger partial charge < -0.3 is 5.11 Å². The van der Waals surface area contributed by atoms with Crippen molar-refractivity contribution in [3.05, 3.63) is 87.6 Å². The molecule has 1 amide bonds. The number of pyridine rings is 1. The highest BCUT2D eigenvalue weighted by molar-refractivity contribution is 9.10. The minimum absolute atomic E-state index is 0.0266. The number of hydrogen-bond acceptors (Lipinski definition) is 5. The van der Waals surface area contributed by atoms with Gasteiger partial charge in [-0.25, -0.2) is 0 Å². The summed E-state index contributed by atoms with van der Waals surface area (Å²) in [4.78, 5) is 19.2. The number of carbonyl (C=O) groups excluding carboxylic acids is 1. The second kappa shape index (κ2) is 10.3. The fourth-order valence-corrected chi connectivity index (χ4v) is 5.06. The minimum atomic E-state index is -0.510. The summed E-state index contributed by atoms with van der Waals surface area (Å²) in [6.07, 6.45) is 6.95. The van der Waals surface area contributed by atoms with Crippen molar-refractivity contribution < 1.29 is 9.90 Å². The van der Waals surface area contributed by atoms with Gasteiger partial charge in [-0.05, 0) is 66.9 Å². The Morgan fingerprint density at radius 1 is 1.17 bits per heavy atom. The van der Waals surface area contributed by atoms with Crippen LogP contribution in [-0.2, 0) is 6.67 Å². The Kier molecular flexibility index (Phi) is 6.95. The molecule has 1 aliphatic heterocycles. The van der Waals surface area contributed by atoms with Gasteiger partial charge in [0.05, 0.1) is 12.2 Å². The lowest BCUT2D eigenvalue weighted by molar-refractivity contribution is 0.0995. The van der Waals surface area contributed by atoms with Crippen molar-refractivity contribution in [2.24, 2.45) is 10.2 Å². The van der Waals surface area contributed by atoms with Gasteiger partial charge in [0.15, 0.2) is 5.69 Å². The fraction of sp³-hybridized carbons (Fsp3) is 0.231. The smallest absolute Gasteiger partial charge is 0.295 e. The lowest BCUT2D eigenvalue weighted by Gasteiger charge is -2.36. The first kappa shape index (κ1) is 23.7. The summed E-state index contributed by atoms with van der Waals surface area (Å²) in [6, 6.07) is 16.4. The van der Waals surface area contributed by atoms with E-state index in [4.69, 9.17) is 11.6 Å². The number of hydrogen-bond donors (Lipinski definition) is 1. The highest BCUT2D eigenvalue weighted by Crippen LogP contribution is 2.41. The van der Waals surface area contributed by atoms with E-state index in [0.29, 0.717) is 22.6 Å². The second-order valence-electron chi connectivity index (χ2n) is 8.53. The zero-order valence-electron chi connectivity index (χ0n) is 18.8. The predicted octanol–water partition coefficient (Wildman–Crippen LogP) is 7.27. The molecule has 1 fully saturated rings. The van der Waals surface area contributed by atoms with Crippen LogP contribution in [0.1, 0.15) is 41.2 Å². The lowest BCUT2D eigenvalue weighted by atomic mass is 9.97. The van der Waals surface area contributed by atoms with Crippen molar-refractivity contribution in [1.29, 1.82) is 0 Å². The highest BCUT2D eigenvalue weighted by Gasteiger charge is 2.27. The SMILES string of the molecule is O=C(N=Nc1c(O)n(CN2CCCCC2c2cccnc2)c2ccc(Br)cc12)c1ccc(Cl)cc1. The number of likely N-dealkylation sites (tertiary alicyclic amines) is 1. The van der Waals surface area contributed by atoms with E-state index in [9.17, 15) is 9.90 Å². The number of azo groups is 1. The summed E-state index contributed by atoms with van der Waals surface area (Å²) in [5, 5.41) is 20.6. The number of amides is 1. The second-order valence-corrected chi connectivity index (χ2v) is 9.88. The number of fused-ring (bicyclic) bond motifs is 1. The average molecular weight is 553 g/mol. The van der Waals surface area contributed by atoms with Crippen LogP contribution in [0.4, 0.5) is 5.69 Å². The lowest BCUT2D eigenvalue weighted by Crippen LogP contribution is -2.34. The van der Waals surface area contributed by atoms with E-state index in [1.807, 2.05) is 35.0 Å². The first-order valence-corrected chi connectivity index (χ1v) is 12.5. The number of aromatic hydroxyl groups is 1. The van der Waals surface area contributed by atoms with Gasteiger partial charge in [0, 0.05) is 45.4 Å². The molecule has 1 N–H and O–H groups in total. The van der Waals surface area contributed by atoms with Gasteiger partial charge in [0.1, 0.15) is 0 Å². The molecule has 0 bridgehead atoms. The Bertz CT molecular complexity index is 1390. The van der Waals surface area contributed by atoms with Crippen molar-refractivity contribution in [3.63, 3.8) is 0 Å². The van der Waals surface area contributed by atoms with Crippen molar-refractivity contribution in [3.8, 4) is 5.88 Å². The molecule has 1 atom stereocenters.